The molecule has 0 saturated carbocycles. The van der Waals surface area contributed by atoms with Crippen molar-refractivity contribution in [1.29, 1.82) is 0 Å². The molecule has 10 aliphatic heterocycles. The van der Waals surface area contributed by atoms with Gasteiger partial charge in [0.1, 0.15) is 102 Å². The van der Waals surface area contributed by atoms with Gasteiger partial charge in [0, 0.05) is 27.1 Å². The molecule has 9 N–H and O–H groups in total. The molecule has 33 nitrogen and oxygen atoms in total. The highest BCUT2D eigenvalue weighted by atomic mass is 35.5. The van der Waals surface area contributed by atoms with Crippen LogP contribution in [0.4, 0.5) is 0 Å². The van der Waals surface area contributed by atoms with E-state index in [-0.39, 0.29) is 49.9 Å². The summed E-state index contributed by atoms with van der Waals surface area (Å²) in [6, 6.07) is 0. The van der Waals surface area contributed by atoms with Gasteiger partial charge in [-0.1, -0.05) is 37.0 Å². The van der Waals surface area contributed by atoms with Crippen molar-refractivity contribution < 1.29 is 160 Å². The van der Waals surface area contributed by atoms with Gasteiger partial charge in [0.15, 0.2) is 66.4 Å². The summed E-state index contributed by atoms with van der Waals surface area (Å²) in [5, 5.41) is 101. The van der Waals surface area contributed by atoms with E-state index >= 15 is 0 Å². The average molecular weight is 1390 g/mol. The molecule has 1 aromatic carbocycles. The van der Waals surface area contributed by atoms with Crippen molar-refractivity contribution in [3.8, 4) is 11.5 Å². The van der Waals surface area contributed by atoms with E-state index in [0.29, 0.717) is 0 Å². The molecule has 94 heavy (non-hydrogen) atoms. The summed E-state index contributed by atoms with van der Waals surface area (Å²) >= 11 is 12.1. The van der Waals surface area contributed by atoms with Crippen LogP contribution in [-0.4, -0.2) is 293 Å². The van der Waals surface area contributed by atoms with Crippen molar-refractivity contribution in [3.63, 3.8) is 0 Å². The third-order valence-corrected chi connectivity index (χ3v) is 19.8. The van der Waals surface area contributed by atoms with Gasteiger partial charge < -0.3 is 145 Å². The molecular formula is C59H84Cl2O33. The molecule has 0 amide bonds. The lowest BCUT2D eigenvalue weighted by Crippen LogP contribution is -2.72. The minimum atomic E-state index is -2.14. The van der Waals surface area contributed by atoms with Crippen LogP contribution in [0.1, 0.15) is 90.6 Å². The molecule has 1 unspecified atom stereocenters. The highest BCUT2D eigenvalue weighted by molar-refractivity contribution is 6.39. The van der Waals surface area contributed by atoms with Gasteiger partial charge in [-0.25, -0.2) is 4.79 Å². The SMILES string of the molecule is COC[C@H]1O[C@@H](O[C@H]2OC[C@@H]3O[C@]4(O[C@H]3[C@H]2OC(=O)C(C)C)O[C@H](C)[C@@](O)(C(C)=O)[C@@H]2OCO[C@H]24)[C@@H](OC)[C@@H](O)[C@@H]1O[C@@H]1O[C@H](CO)[C@H](O)[C@H](O[C@H]2C[C@@]3(C)OC4(C[C@@H](O)[C@H](O[C@H]5C[C@@H](O)[C@H](OC(=O)c6c(C)c(Cl)c(O)c(Cl)c6O)[C@@H](C)O5)[C@@H](C)O4)O[C@@H]3[C@@H](C)O2)[C@H]1O. The number of phenols is 2. The number of hydrogen-bond acceptors (Lipinski definition) is 33. The highest BCUT2D eigenvalue weighted by Gasteiger charge is 2.73. The average Bonchev–Trinajstić information content (AvgIpc) is 1.52. The number of halogens is 2. The molecule has 0 bridgehead atoms. The van der Waals surface area contributed by atoms with E-state index in [1.807, 2.05) is 0 Å². The number of aliphatic hydroxyl groups excluding tert-OH is 6. The molecule has 10 heterocycles. The van der Waals surface area contributed by atoms with Crippen molar-refractivity contribution in [3.05, 3.63) is 21.2 Å². The van der Waals surface area contributed by atoms with Gasteiger partial charge in [0.05, 0.1) is 73.8 Å². The molecule has 11 rings (SSSR count). The molecule has 0 radical (unpaired) electrons. The van der Waals surface area contributed by atoms with E-state index in [1.165, 1.54) is 41.9 Å². The van der Waals surface area contributed by atoms with E-state index in [9.17, 15) is 60.3 Å². The van der Waals surface area contributed by atoms with E-state index < -0.39 is 241 Å². The summed E-state index contributed by atoms with van der Waals surface area (Å²) in [6.07, 6.45) is -36.8. The zero-order valence-corrected chi connectivity index (χ0v) is 54.7. The number of carbonyl (C=O) groups is 3. The summed E-state index contributed by atoms with van der Waals surface area (Å²) in [5.74, 6) is -8.49. The van der Waals surface area contributed by atoms with E-state index in [0.717, 1.165) is 0 Å². The molecular weight excluding hydrogens is 1310 g/mol. The lowest BCUT2D eigenvalue weighted by atomic mass is 9.81. The maximum atomic E-state index is 13.4. The fraction of sp³-hybridized carbons (Fsp3) is 0.847. The van der Waals surface area contributed by atoms with Crippen LogP contribution in [0, 0.1) is 12.8 Å². The summed E-state index contributed by atoms with van der Waals surface area (Å²) < 4.78 is 129. The summed E-state index contributed by atoms with van der Waals surface area (Å²) in [6.45, 7) is 11.9. The number of phenolic OH excluding ortho intramolecular Hbond substituents is 2. The number of fused-ring (bicyclic) bond motifs is 4. The number of methoxy groups -OCH3 is 2. The molecule has 532 valence electrons. The number of esters is 2. The first-order valence-electron chi connectivity index (χ1n) is 31.1. The van der Waals surface area contributed by atoms with Crippen LogP contribution >= 0.6 is 23.2 Å². The van der Waals surface area contributed by atoms with Gasteiger partial charge in [0.25, 0.3) is 5.97 Å². The molecule has 10 saturated heterocycles. The predicted octanol–water partition coefficient (Wildman–Crippen LogP) is -0.933. The van der Waals surface area contributed by atoms with Gasteiger partial charge in [-0.2, -0.15) is 0 Å². The summed E-state index contributed by atoms with van der Waals surface area (Å²) in [4.78, 5) is 39.5. The second-order valence-electron chi connectivity index (χ2n) is 25.8. The van der Waals surface area contributed by atoms with Crippen molar-refractivity contribution in [2.75, 3.05) is 40.8 Å². The maximum absolute atomic E-state index is 13.4. The number of rotatable bonds is 17. The van der Waals surface area contributed by atoms with Crippen LogP contribution in [-0.2, 0) is 109 Å². The second-order valence-corrected chi connectivity index (χ2v) is 26.6. The first-order chi connectivity index (χ1) is 44.3. The Morgan fingerprint density at radius 3 is 2.01 bits per heavy atom. The third kappa shape index (κ3) is 13.0. The second kappa shape index (κ2) is 27.8. The molecule has 0 aliphatic carbocycles. The van der Waals surface area contributed by atoms with Gasteiger partial charge in [-0.05, 0) is 54.0 Å². The zero-order chi connectivity index (χ0) is 68.2. The Morgan fingerprint density at radius 1 is 0.660 bits per heavy atom. The Labute approximate surface area is 548 Å². The zero-order valence-electron chi connectivity index (χ0n) is 53.2. The normalized spacial score (nSPS) is 47.7. The number of Topliss-reactive ketones (excluding diaryl/α,β-unsaturated/α-hetero) is 1. The van der Waals surface area contributed by atoms with Crippen LogP contribution in [0.2, 0.25) is 10.0 Å². The summed E-state index contributed by atoms with van der Waals surface area (Å²) in [7, 11) is 2.58. The summed E-state index contributed by atoms with van der Waals surface area (Å²) in [5.41, 5.74) is -3.88. The van der Waals surface area contributed by atoms with Crippen molar-refractivity contribution in [2.45, 2.75) is 270 Å². The lowest BCUT2D eigenvalue weighted by molar-refractivity contribution is -0.428. The van der Waals surface area contributed by atoms with Crippen LogP contribution in [0.5, 0.6) is 11.5 Å². The monoisotopic (exact) mass is 1390 g/mol. The standard InChI is InChI=1S/C59H84Cl2O33/c1-19(2)51(71)86-47-44-30(91-59(92-44)50-49(77-18-78-50)58(73,24(7)63)25(8)90-59)17-76-54(47)88-55-46(75-11)39(69)43(29(82-55)16-74-10)87-53-40(70)45(36(66)28(15-62)81-53)84-32-14-56(9)48(23(6)80-32)93-57(94-56)13-27(65)42(22(5)89-57)83-31-12-26(64)41(21(4)79-31)85-52(72)33-20(3)34(60)38(68)35(61)37(33)67/h19,21-23,25-32,36,39-50,53-55,62,64-70,73H,12-18H2,1-11H3/t21-,22-,23-,25-,26-,27-,28-,29-,30+,31+,32+,36+,39+,40-,41-,42-,43-,44-,45+,46+,47-,48-,49-,50-,53+,54-,55+,56-,57?,58+,59-/m1/s1. The molecule has 10 fully saturated rings. The van der Waals surface area contributed by atoms with Gasteiger partial charge >= 0.3 is 17.9 Å². The van der Waals surface area contributed by atoms with Crippen molar-refractivity contribution in [2.24, 2.45) is 5.92 Å². The third-order valence-electron chi connectivity index (χ3n) is 19.0. The molecule has 10 aliphatic rings. The van der Waals surface area contributed by atoms with Crippen LogP contribution < -0.4 is 0 Å². The topological polar surface area (TPSA) is 427 Å². The van der Waals surface area contributed by atoms with Crippen LogP contribution in [0.15, 0.2) is 0 Å². The number of carbonyl (C=O) groups excluding carboxylic acids is 3. The van der Waals surface area contributed by atoms with Gasteiger partial charge in [-0.15, -0.1) is 0 Å². The Kier molecular flexibility index (Phi) is 21.4. The quantitative estimate of drug-likeness (QED) is 0.0851. The number of aliphatic hydroxyl groups is 7. The Morgan fingerprint density at radius 2 is 1.35 bits per heavy atom. The number of aromatic hydroxyl groups is 2. The molecule has 31 atom stereocenters. The molecule has 35 heteroatoms. The molecule has 0 aromatic heterocycles. The maximum Gasteiger partial charge on any atom is 0.342 e. The Hall–Kier alpha value is -3.03. The molecule has 1 aromatic rings. The number of ketones is 1. The van der Waals surface area contributed by atoms with E-state index in [2.05, 4.69) is 0 Å². The Balaban J connectivity index is 0.723. The number of benzene rings is 1. The highest BCUT2D eigenvalue weighted by Crippen LogP contribution is 2.53. The van der Waals surface area contributed by atoms with Gasteiger partial charge in [0.2, 0.25) is 6.29 Å². The molecule has 2 spiro atoms. The smallest absolute Gasteiger partial charge is 0.342 e. The van der Waals surface area contributed by atoms with Crippen molar-refractivity contribution in [1.82, 2.24) is 0 Å². The fourth-order valence-corrected chi connectivity index (χ4v) is 14.6. The fourth-order valence-electron chi connectivity index (χ4n) is 14.1. The first-order valence-corrected chi connectivity index (χ1v) is 31.8. The van der Waals surface area contributed by atoms with Gasteiger partial charge in [-0.3, -0.25) is 9.59 Å². The minimum Gasteiger partial charge on any atom is -0.505 e. The lowest BCUT2D eigenvalue weighted by Gasteiger charge is -2.49. The largest absolute Gasteiger partial charge is 0.505 e. The Bertz CT molecular complexity index is 2840. The van der Waals surface area contributed by atoms with E-state index in [1.54, 1.807) is 34.6 Å². The number of ether oxygens (including phenoxy) is 21. The first kappa shape index (κ1) is 72.2. The van der Waals surface area contributed by atoms with Crippen LogP contribution in [0.25, 0.3) is 0 Å². The minimum absolute atomic E-state index is 0.0189. The van der Waals surface area contributed by atoms with Crippen LogP contribution in [0.3, 0.4) is 0 Å². The number of hydrogen-bond donors (Lipinski definition) is 9. The van der Waals surface area contributed by atoms with Crippen molar-refractivity contribution >= 4 is 40.9 Å². The predicted molar refractivity (Wildman–Crippen MR) is 304 cm³/mol. The van der Waals surface area contributed by atoms with E-state index in [4.69, 9.17) is 123 Å².